The standard InChI is InChI=1S/C15H18F3NO2/c1-14(21)6-8-19(9-7-14)13(20)10-11-2-4-12(5-3-11)15(16,17)18/h2-5,21H,6-10H2,1H3. The summed E-state index contributed by atoms with van der Waals surface area (Å²) in [5.74, 6) is -0.120. The number of halogens is 3. The van der Waals surface area contributed by atoms with Crippen LogP contribution in [0.1, 0.15) is 30.9 Å². The first-order valence-electron chi connectivity index (χ1n) is 6.84. The van der Waals surface area contributed by atoms with Gasteiger partial charge >= 0.3 is 6.18 Å². The van der Waals surface area contributed by atoms with Gasteiger partial charge in [0.15, 0.2) is 0 Å². The summed E-state index contributed by atoms with van der Waals surface area (Å²) in [5, 5.41) is 9.83. The van der Waals surface area contributed by atoms with Crippen molar-refractivity contribution < 1.29 is 23.1 Å². The molecule has 2 rings (SSSR count). The van der Waals surface area contributed by atoms with Gasteiger partial charge in [-0.3, -0.25) is 4.79 Å². The zero-order valence-electron chi connectivity index (χ0n) is 11.8. The zero-order valence-corrected chi connectivity index (χ0v) is 11.8. The molecule has 116 valence electrons. The van der Waals surface area contributed by atoms with Crippen molar-refractivity contribution in [3.8, 4) is 0 Å². The first kappa shape index (κ1) is 15.8. The van der Waals surface area contributed by atoms with Gasteiger partial charge in [-0.15, -0.1) is 0 Å². The molecule has 0 spiro atoms. The average molecular weight is 301 g/mol. The summed E-state index contributed by atoms with van der Waals surface area (Å²) in [4.78, 5) is 13.7. The Hall–Kier alpha value is -1.56. The number of nitrogens with zero attached hydrogens (tertiary/aromatic N) is 1. The van der Waals surface area contributed by atoms with E-state index in [4.69, 9.17) is 0 Å². The molecule has 1 aromatic rings. The number of benzene rings is 1. The van der Waals surface area contributed by atoms with Crippen LogP contribution in [0, 0.1) is 0 Å². The fraction of sp³-hybridized carbons (Fsp3) is 0.533. The van der Waals surface area contributed by atoms with Crippen LogP contribution in [0.5, 0.6) is 0 Å². The molecule has 0 unspecified atom stereocenters. The topological polar surface area (TPSA) is 40.5 Å². The average Bonchev–Trinajstić information content (AvgIpc) is 2.38. The first-order valence-corrected chi connectivity index (χ1v) is 6.84. The highest BCUT2D eigenvalue weighted by atomic mass is 19.4. The lowest BCUT2D eigenvalue weighted by atomic mass is 9.93. The molecule has 1 aliphatic heterocycles. The number of rotatable bonds is 2. The number of likely N-dealkylation sites (tertiary alicyclic amines) is 1. The monoisotopic (exact) mass is 301 g/mol. The van der Waals surface area contributed by atoms with Gasteiger partial charge in [0.2, 0.25) is 5.91 Å². The molecule has 0 bridgehead atoms. The quantitative estimate of drug-likeness (QED) is 0.912. The van der Waals surface area contributed by atoms with Crippen LogP contribution in [0.2, 0.25) is 0 Å². The smallest absolute Gasteiger partial charge is 0.390 e. The van der Waals surface area contributed by atoms with Crippen molar-refractivity contribution in [3.05, 3.63) is 35.4 Å². The van der Waals surface area contributed by atoms with Crippen molar-refractivity contribution in [1.82, 2.24) is 4.90 Å². The molecule has 1 amide bonds. The highest BCUT2D eigenvalue weighted by Crippen LogP contribution is 2.29. The van der Waals surface area contributed by atoms with E-state index in [1.54, 1.807) is 11.8 Å². The predicted octanol–water partition coefficient (Wildman–Crippen LogP) is 2.62. The fourth-order valence-electron chi connectivity index (χ4n) is 2.34. The maximum absolute atomic E-state index is 12.4. The summed E-state index contributed by atoms with van der Waals surface area (Å²) >= 11 is 0. The van der Waals surface area contributed by atoms with Gasteiger partial charge in [0.1, 0.15) is 0 Å². The van der Waals surface area contributed by atoms with Gasteiger partial charge in [0.25, 0.3) is 0 Å². The van der Waals surface area contributed by atoms with Gasteiger partial charge in [0.05, 0.1) is 17.6 Å². The summed E-state index contributed by atoms with van der Waals surface area (Å²) in [6.07, 6.45) is -3.24. The Morgan fingerprint density at radius 1 is 1.24 bits per heavy atom. The van der Waals surface area contributed by atoms with Gasteiger partial charge in [-0.05, 0) is 37.5 Å². The van der Waals surface area contributed by atoms with Crippen LogP contribution in [-0.2, 0) is 17.4 Å². The third-order valence-electron chi connectivity index (χ3n) is 3.83. The van der Waals surface area contributed by atoms with Gasteiger partial charge in [-0.25, -0.2) is 0 Å². The third kappa shape index (κ3) is 4.20. The van der Waals surface area contributed by atoms with Crippen LogP contribution >= 0.6 is 0 Å². The van der Waals surface area contributed by atoms with Crippen molar-refractivity contribution in [1.29, 1.82) is 0 Å². The summed E-state index contributed by atoms with van der Waals surface area (Å²) in [6, 6.07) is 4.65. The predicted molar refractivity (Wildman–Crippen MR) is 71.6 cm³/mol. The lowest BCUT2D eigenvalue weighted by Gasteiger charge is -2.35. The maximum Gasteiger partial charge on any atom is 0.416 e. The number of amides is 1. The minimum absolute atomic E-state index is 0.0836. The number of aliphatic hydroxyl groups is 1. The Labute approximate surface area is 121 Å². The molecule has 3 nitrogen and oxygen atoms in total. The van der Waals surface area contributed by atoms with E-state index in [0.717, 1.165) is 12.1 Å². The van der Waals surface area contributed by atoms with Crippen LogP contribution in [0.3, 0.4) is 0 Å². The van der Waals surface area contributed by atoms with Crippen LogP contribution in [0.15, 0.2) is 24.3 Å². The van der Waals surface area contributed by atoms with Crippen molar-refractivity contribution in [2.75, 3.05) is 13.1 Å². The van der Waals surface area contributed by atoms with Crippen molar-refractivity contribution in [3.63, 3.8) is 0 Å². The number of hydrogen-bond acceptors (Lipinski definition) is 2. The van der Waals surface area contributed by atoms with E-state index in [9.17, 15) is 23.1 Å². The molecule has 21 heavy (non-hydrogen) atoms. The minimum Gasteiger partial charge on any atom is -0.390 e. The Balaban J connectivity index is 1.94. The lowest BCUT2D eigenvalue weighted by molar-refractivity contribution is -0.137. The SMILES string of the molecule is CC1(O)CCN(C(=O)Cc2ccc(C(F)(F)F)cc2)CC1. The molecule has 1 saturated heterocycles. The van der Waals surface area contributed by atoms with Crippen LogP contribution < -0.4 is 0 Å². The van der Waals surface area contributed by atoms with E-state index in [0.29, 0.717) is 31.5 Å². The van der Waals surface area contributed by atoms with E-state index in [2.05, 4.69) is 0 Å². The second-order valence-electron chi connectivity index (χ2n) is 5.75. The van der Waals surface area contributed by atoms with Crippen molar-refractivity contribution in [2.45, 2.75) is 38.0 Å². The maximum atomic E-state index is 12.4. The Morgan fingerprint density at radius 3 is 2.24 bits per heavy atom. The molecule has 0 radical (unpaired) electrons. The van der Waals surface area contributed by atoms with Crippen molar-refractivity contribution in [2.24, 2.45) is 0 Å². The van der Waals surface area contributed by atoms with Crippen LogP contribution in [0.4, 0.5) is 13.2 Å². The highest BCUT2D eigenvalue weighted by molar-refractivity contribution is 5.78. The normalized spacial score (nSPS) is 18.6. The van der Waals surface area contributed by atoms with Crippen molar-refractivity contribution >= 4 is 5.91 Å². The number of alkyl halides is 3. The van der Waals surface area contributed by atoms with E-state index >= 15 is 0 Å². The summed E-state index contributed by atoms with van der Waals surface area (Å²) in [5.41, 5.74) is -0.886. The molecule has 0 atom stereocenters. The number of carbonyl (C=O) groups is 1. The molecule has 1 aliphatic rings. The molecule has 1 N–H and O–H groups in total. The first-order chi connectivity index (χ1) is 9.67. The van der Waals surface area contributed by atoms with E-state index in [1.165, 1.54) is 12.1 Å². The Kier molecular flexibility index (Phi) is 4.27. The summed E-state index contributed by atoms with van der Waals surface area (Å²) < 4.78 is 37.3. The summed E-state index contributed by atoms with van der Waals surface area (Å²) in [7, 11) is 0. The number of carbonyl (C=O) groups excluding carboxylic acids is 1. The number of hydrogen-bond donors (Lipinski definition) is 1. The molecule has 1 fully saturated rings. The zero-order chi connectivity index (χ0) is 15.7. The molecule has 0 saturated carbocycles. The molecule has 0 aromatic heterocycles. The fourth-order valence-corrected chi connectivity index (χ4v) is 2.34. The van der Waals surface area contributed by atoms with Gasteiger partial charge in [0, 0.05) is 13.1 Å². The summed E-state index contributed by atoms with van der Waals surface area (Å²) in [6.45, 7) is 2.70. The molecule has 0 aliphatic carbocycles. The molecular weight excluding hydrogens is 283 g/mol. The number of piperidine rings is 1. The molecular formula is C15H18F3NO2. The second-order valence-corrected chi connectivity index (χ2v) is 5.75. The minimum atomic E-state index is -4.36. The van der Waals surface area contributed by atoms with Gasteiger partial charge in [-0.2, -0.15) is 13.2 Å². The molecule has 6 heteroatoms. The van der Waals surface area contributed by atoms with Gasteiger partial charge in [-0.1, -0.05) is 12.1 Å². The molecule has 1 aromatic carbocycles. The Bertz CT molecular complexity index is 499. The largest absolute Gasteiger partial charge is 0.416 e. The van der Waals surface area contributed by atoms with Crippen LogP contribution in [-0.4, -0.2) is 34.6 Å². The van der Waals surface area contributed by atoms with Gasteiger partial charge < -0.3 is 10.0 Å². The lowest BCUT2D eigenvalue weighted by Crippen LogP contribution is -2.45. The molecule has 1 heterocycles. The third-order valence-corrected chi connectivity index (χ3v) is 3.83. The van der Waals surface area contributed by atoms with E-state index in [-0.39, 0.29) is 12.3 Å². The van der Waals surface area contributed by atoms with E-state index < -0.39 is 17.3 Å². The second kappa shape index (κ2) is 5.67. The Morgan fingerprint density at radius 2 is 1.76 bits per heavy atom. The van der Waals surface area contributed by atoms with E-state index in [1.807, 2.05) is 0 Å². The highest BCUT2D eigenvalue weighted by Gasteiger charge is 2.31. The van der Waals surface area contributed by atoms with Crippen LogP contribution in [0.25, 0.3) is 0 Å².